The largest absolute Gasteiger partial charge is 0.397 e. The van der Waals surface area contributed by atoms with Crippen LogP contribution < -0.4 is 22.6 Å². The minimum absolute atomic E-state index is 0.318. The van der Waals surface area contributed by atoms with Gasteiger partial charge in [-0.1, -0.05) is 80.6 Å². The Labute approximate surface area is 190 Å². The number of amidine groups is 1. The zero-order valence-electron chi connectivity index (χ0n) is 18.6. The molecular formula is C26H32N6. The van der Waals surface area contributed by atoms with E-state index in [0.717, 1.165) is 54.1 Å². The molecule has 7 N–H and O–H groups in total. The molecule has 0 aliphatic heterocycles. The van der Waals surface area contributed by atoms with Gasteiger partial charge in [0.2, 0.25) is 0 Å². The van der Waals surface area contributed by atoms with Crippen LogP contribution in [-0.4, -0.2) is 17.3 Å². The van der Waals surface area contributed by atoms with Gasteiger partial charge in [-0.05, 0) is 35.2 Å². The second-order valence-electron chi connectivity index (χ2n) is 7.69. The fraction of sp³-hybridized carbons (Fsp3) is 0.192. The molecule has 0 saturated carbocycles. The van der Waals surface area contributed by atoms with Gasteiger partial charge in [0.1, 0.15) is 0 Å². The summed E-state index contributed by atoms with van der Waals surface area (Å²) in [5, 5.41) is 7.02. The Kier molecular flexibility index (Phi) is 7.75. The first kappa shape index (κ1) is 22.7. The Morgan fingerprint density at radius 2 is 1.69 bits per heavy atom. The highest BCUT2D eigenvalue weighted by Gasteiger charge is 2.12. The van der Waals surface area contributed by atoms with Crippen LogP contribution in [0, 0.1) is 0 Å². The van der Waals surface area contributed by atoms with Crippen LogP contribution in [0.4, 0.5) is 11.4 Å². The Morgan fingerprint density at radius 3 is 2.38 bits per heavy atom. The van der Waals surface area contributed by atoms with E-state index >= 15 is 0 Å². The van der Waals surface area contributed by atoms with Crippen LogP contribution in [0.25, 0.3) is 11.1 Å². The number of rotatable bonds is 10. The zero-order chi connectivity index (χ0) is 22.9. The number of hydrogen-bond donors (Lipinski definition) is 4. The van der Waals surface area contributed by atoms with E-state index in [1.807, 2.05) is 48.5 Å². The molecule has 6 heteroatoms. The average Bonchev–Trinajstić information content (AvgIpc) is 2.83. The molecule has 0 fully saturated rings. The third kappa shape index (κ3) is 5.60. The number of nitrogens with one attached hydrogen (secondary N) is 1. The molecule has 0 aromatic heterocycles. The number of anilines is 2. The van der Waals surface area contributed by atoms with Crippen molar-refractivity contribution in [2.45, 2.75) is 26.3 Å². The Morgan fingerprint density at radius 1 is 1.00 bits per heavy atom. The lowest BCUT2D eigenvalue weighted by atomic mass is 9.98. The second kappa shape index (κ2) is 10.9. The number of hydrazone groups is 1. The maximum atomic E-state index is 6.09. The van der Waals surface area contributed by atoms with Crippen molar-refractivity contribution < 1.29 is 0 Å². The summed E-state index contributed by atoms with van der Waals surface area (Å²) in [4.78, 5) is 2.25. The van der Waals surface area contributed by atoms with Crippen molar-refractivity contribution in [1.29, 1.82) is 0 Å². The van der Waals surface area contributed by atoms with Crippen molar-refractivity contribution in [3.8, 4) is 11.1 Å². The van der Waals surface area contributed by atoms with Gasteiger partial charge in [-0.3, -0.25) is 0 Å². The van der Waals surface area contributed by atoms with E-state index < -0.39 is 0 Å². The van der Waals surface area contributed by atoms with Gasteiger partial charge in [-0.25, -0.2) is 0 Å². The van der Waals surface area contributed by atoms with Crippen LogP contribution >= 0.6 is 0 Å². The number of nitrogens with two attached hydrogens (primary N) is 3. The highest BCUT2D eigenvalue weighted by atomic mass is 15.2. The van der Waals surface area contributed by atoms with E-state index in [2.05, 4.69) is 53.1 Å². The summed E-state index contributed by atoms with van der Waals surface area (Å²) in [5.41, 5.74) is 17.7. The molecule has 3 aromatic carbocycles. The van der Waals surface area contributed by atoms with Gasteiger partial charge in [-0.2, -0.15) is 5.10 Å². The number of unbranched alkanes of at least 4 members (excludes halogenated alkanes) is 1. The predicted molar refractivity (Wildman–Crippen MR) is 136 cm³/mol. The molecule has 3 aromatic rings. The molecule has 0 saturated heterocycles. The Hall–Kier alpha value is -3.93. The molecule has 0 atom stereocenters. The van der Waals surface area contributed by atoms with Crippen LogP contribution in [0.2, 0.25) is 0 Å². The number of para-hydroxylation sites is 2. The lowest BCUT2D eigenvalue weighted by molar-refractivity contribution is 0.335. The maximum absolute atomic E-state index is 6.09. The van der Waals surface area contributed by atoms with Gasteiger partial charge in [0.05, 0.1) is 17.2 Å². The van der Waals surface area contributed by atoms with Crippen LogP contribution in [0.3, 0.4) is 0 Å². The lowest BCUT2D eigenvalue weighted by Gasteiger charge is -2.28. The van der Waals surface area contributed by atoms with Gasteiger partial charge in [0.25, 0.3) is 0 Å². The standard InChI is InChI=1S/C26H32N6/c1-3-4-17-32(19(2)30-25-12-8-7-11-24(25)27)18-20-13-15-21(16-14-20)22-9-5-6-10-23(22)26(28)31-29/h5-16,30H,2-4,17-18,27,29H2,1H3,(H2,28,31). The summed E-state index contributed by atoms with van der Waals surface area (Å²) in [5.74, 6) is 6.55. The normalized spacial score (nSPS) is 11.2. The first-order valence-electron chi connectivity index (χ1n) is 10.8. The van der Waals surface area contributed by atoms with Crippen molar-refractivity contribution in [1.82, 2.24) is 4.90 Å². The predicted octanol–water partition coefficient (Wildman–Crippen LogP) is 4.70. The topological polar surface area (TPSA) is 106 Å². The van der Waals surface area contributed by atoms with Gasteiger partial charge in [0, 0.05) is 18.7 Å². The summed E-state index contributed by atoms with van der Waals surface area (Å²) in [6, 6.07) is 24.0. The molecule has 32 heavy (non-hydrogen) atoms. The maximum Gasteiger partial charge on any atom is 0.150 e. The molecule has 0 bridgehead atoms. The molecule has 3 rings (SSSR count). The quantitative estimate of drug-likeness (QED) is 0.123. The highest BCUT2D eigenvalue weighted by molar-refractivity contribution is 6.03. The summed E-state index contributed by atoms with van der Waals surface area (Å²) in [6.45, 7) is 8.10. The van der Waals surface area contributed by atoms with Crippen molar-refractivity contribution in [2.24, 2.45) is 16.7 Å². The van der Waals surface area contributed by atoms with Gasteiger partial charge < -0.3 is 27.5 Å². The van der Waals surface area contributed by atoms with Crippen molar-refractivity contribution in [3.63, 3.8) is 0 Å². The minimum atomic E-state index is 0.318. The van der Waals surface area contributed by atoms with Crippen molar-refractivity contribution in [2.75, 3.05) is 17.6 Å². The van der Waals surface area contributed by atoms with Gasteiger partial charge in [0.15, 0.2) is 5.84 Å². The van der Waals surface area contributed by atoms with E-state index in [0.29, 0.717) is 11.5 Å². The zero-order valence-corrected chi connectivity index (χ0v) is 18.6. The third-order valence-corrected chi connectivity index (χ3v) is 5.38. The SMILES string of the molecule is C=C(Nc1ccccc1N)N(CCCC)Cc1ccc(-c2ccccc2/C(N)=N/N)cc1. The fourth-order valence-electron chi connectivity index (χ4n) is 3.54. The van der Waals surface area contributed by atoms with E-state index in [-0.39, 0.29) is 0 Å². The molecular weight excluding hydrogens is 396 g/mol. The molecule has 0 radical (unpaired) electrons. The second-order valence-corrected chi connectivity index (χ2v) is 7.69. The first-order chi connectivity index (χ1) is 15.5. The van der Waals surface area contributed by atoms with E-state index in [1.165, 1.54) is 5.56 Å². The smallest absolute Gasteiger partial charge is 0.150 e. The van der Waals surface area contributed by atoms with Gasteiger partial charge in [-0.15, -0.1) is 0 Å². The molecule has 0 aliphatic rings. The van der Waals surface area contributed by atoms with Crippen LogP contribution in [0.5, 0.6) is 0 Å². The fourth-order valence-corrected chi connectivity index (χ4v) is 3.54. The van der Waals surface area contributed by atoms with Gasteiger partial charge >= 0.3 is 0 Å². The molecule has 166 valence electrons. The molecule has 0 amide bonds. The Bertz CT molecular complexity index is 1070. The molecule has 0 spiro atoms. The lowest BCUT2D eigenvalue weighted by Crippen LogP contribution is -2.27. The van der Waals surface area contributed by atoms with Crippen molar-refractivity contribution in [3.05, 3.63) is 96.3 Å². The number of benzene rings is 3. The minimum Gasteiger partial charge on any atom is -0.397 e. The summed E-state index contributed by atoms with van der Waals surface area (Å²) in [6.07, 6.45) is 2.19. The first-order valence-corrected chi connectivity index (χ1v) is 10.8. The molecule has 0 heterocycles. The van der Waals surface area contributed by atoms with Crippen LogP contribution in [0.1, 0.15) is 30.9 Å². The molecule has 0 unspecified atom stereocenters. The summed E-state index contributed by atoms with van der Waals surface area (Å²) >= 11 is 0. The highest BCUT2D eigenvalue weighted by Crippen LogP contribution is 2.25. The van der Waals surface area contributed by atoms with Crippen LogP contribution in [0.15, 0.2) is 90.3 Å². The monoisotopic (exact) mass is 428 g/mol. The number of nitrogens with zero attached hydrogens (tertiary/aromatic N) is 2. The third-order valence-electron chi connectivity index (χ3n) is 5.38. The van der Waals surface area contributed by atoms with Crippen molar-refractivity contribution >= 4 is 17.2 Å². The summed E-state index contributed by atoms with van der Waals surface area (Å²) < 4.78 is 0. The summed E-state index contributed by atoms with van der Waals surface area (Å²) in [7, 11) is 0. The van der Waals surface area contributed by atoms with Crippen LogP contribution in [-0.2, 0) is 6.54 Å². The molecule has 6 nitrogen and oxygen atoms in total. The van der Waals surface area contributed by atoms with E-state index in [1.54, 1.807) is 0 Å². The average molecular weight is 429 g/mol. The Balaban J connectivity index is 1.78. The number of hydrogen-bond acceptors (Lipinski definition) is 5. The van der Waals surface area contributed by atoms with E-state index in [9.17, 15) is 0 Å². The van der Waals surface area contributed by atoms with E-state index in [4.69, 9.17) is 17.3 Å². The number of nitrogen functional groups attached to an aromatic ring is 1. The molecule has 0 aliphatic carbocycles.